The van der Waals surface area contributed by atoms with Crippen molar-refractivity contribution in [3.8, 4) is 0 Å². The lowest BCUT2D eigenvalue weighted by Crippen LogP contribution is -2.38. The van der Waals surface area contributed by atoms with E-state index in [1.807, 2.05) is 6.92 Å². The molecule has 1 aliphatic heterocycles. The van der Waals surface area contributed by atoms with Crippen LogP contribution >= 0.6 is 22.7 Å². The molecule has 21 heavy (non-hydrogen) atoms. The highest BCUT2D eigenvalue weighted by Crippen LogP contribution is 2.31. The summed E-state index contributed by atoms with van der Waals surface area (Å²) in [6, 6.07) is 8.54. The third-order valence-corrected chi connectivity index (χ3v) is 6.00. The molecule has 0 amide bonds. The maximum absolute atomic E-state index is 10.4. The number of hydrogen-bond donors (Lipinski definition) is 1. The molecule has 3 rings (SSSR count). The minimum Gasteiger partial charge on any atom is -0.361 e. The van der Waals surface area contributed by atoms with Crippen LogP contribution in [0.2, 0.25) is 0 Å². The standard InChI is InChI=1S/C16H21NO2S2/c1-12(17(18)16-6-2-3-9-19-16)15-8-7-14(21-15)11-13-5-4-10-20-13/h4-5,7-8,10,12,16,18H,2-3,6,9,11H2,1H3. The van der Waals surface area contributed by atoms with E-state index in [1.54, 1.807) is 22.7 Å². The van der Waals surface area contributed by atoms with Crippen LogP contribution in [-0.2, 0) is 11.2 Å². The molecule has 1 fully saturated rings. The Balaban J connectivity index is 1.64. The lowest BCUT2D eigenvalue weighted by molar-refractivity contribution is -0.248. The summed E-state index contributed by atoms with van der Waals surface area (Å²) in [6.07, 6.45) is 3.97. The van der Waals surface area contributed by atoms with Gasteiger partial charge in [-0.3, -0.25) is 0 Å². The minimum atomic E-state index is -0.156. The van der Waals surface area contributed by atoms with Gasteiger partial charge in [-0.2, -0.15) is 5.06 Å². The third kappa shape index (κ3) is 3.73. The Morgan fingerprint density at radius 2 is 2.24 bits per heavy atom. The van der Waals surface area contributed by atoms with Crippen LogP contribution in [0.15, 0.2) is 29.6 Å². The quantitative estimate of drug-likeness (QED) is 0.811. The Bertz CT molecular complexity index is 546. The van der Waals surface area contributed by atoms with E-state index in [-0.39, 0.29) is 12.3 Å². The summed E-state index contributed by atoms with van der Waals surface area (Å²) >= 11 is 3.57. The lowest BCUT2D eigenvalue weighted by Gasteiger charge is -2.32. The van der Waals surface area contributed by atoms with Gasteiger partial charge < -0.3 is 9.94 Å². The summed E-state index contributed by atoms with van der Waals surface area (Å²) in [7, 11) is 0. The molecule has 0 aromatic carbocycles. The topological polar surface area (TPSA) is 32.7 Å². The number of nitrogens with zero attached hydrogens (tertiary/aromatic N) is 1. The fourth-order valence-corrected chi connectivity index (χ4v) is 4.51. The maximum Gasteiger partial charge on any atom is 0.133 e. The Morgan fingerprint density at radius 1 is 1.33 bits per heavy atom. The zero-order valence-corrected chi connectivity index (χ0v) is 13.8. The van der Waals surface area contributed by atoms with Crippen LogP contribution in [-0.4, -0.2) is 23.1 Å². The van der Waals surface area contributed by atoms with Crippen LogP contribution in [0.3, 0.4) is 0 Å². The molecule has 2 unspecified atom stereocenters. The van der Waals surface area contributed by atoms with E-state index in [1.165, 1.54) is 19.7 Å². The third-order valence-electron chi connectivity index (χ3n) is 3.87. The van der Waals surface area contributed by atoms with Crippen molar-refractivity contribution in [3.63, 3.8) is 0 Å². The number of rotatable bonds is 5. The minimum absolute atomic E-state index is 0.0183. The van der Waals surface area contributed by atoms with Gasteiger partial charge in [0.2, 0.25) is 0 Å². The maximum atomic E-state index is 10.4. The SMILES string of the molecule is CC(c1ccc(Cc2cccs2)s1)N(O)C1CCCCO1. The van der Waals surface area contributed by atoms with Crippen molar-refractivity contribution in [3.05, 3.63) is 44.3 Å². The molecule has 3 nitrogen and oxygen atoms in total. The summed E-state index contributed by atoms with van der Waals surface area (Å²) in [5.41, 5.74) is 0. The van der Waals surface area contributed by atoms with Crippen LogP contribution in [0, 0.1) is 0 Å². The van der Waals surface area contributed by atoms with Crippen LogP contribution in [0.5, 0.6) is 0 Å². The molecule has 114 valence electrons. The van der Waals surface area contributed by atoms with Crippen molar-refractivity contribution in [2.24, 2.45) is 0 Å². The van der Waals surface area contributed by atoms with Crippen molar-refractivity contribution in [1.82, 2.24) is 5.06 Å². The number of thiophene rings is 2. The molecule has 1 saturated heterocycles. The van der Waals surface area contributed by atoms with E-state index in [0.717, 1.165) is 32.3 Å². The predicted octanol–water partition coefficient (Wildman–Crippen LogP) is 4.68. The van der Waals surface area contributed by atoms with E-state index in [4.69, 9.17) is 4.74 Å². The van der Waals surface area contributed by atoms with Gasteiger partial charge in [-0.25, -0.2) is 0 Å². The molecule has 2 aromatic rings. The monoisotopic (exact) mass is 323 g/mol. The van der Waals surface area contributed by atoms with E-state index in [9.17, 15) is 5.21 Å². The van der Waals surface area contributed by atoms with Crippen molar-refractivity contribution in [2.45, 2.75) is 44.9 Å². The summed E-state index contributed by atoms with van der Waals surface area (Å²) in [5, 5.41) is 13.9. The zero-order valence-electron chi connectivity index (χ0n) is 12.2. The van der Waals surface area contributed by atoms with Gasteiger partial charge in [-0.05, 0) is 49.8 Å². The van der Waals surface area contributed by atoms with Gasteiger partial charge in [0.25, 0.3) is 0 Å². The first-order valence-electron chi connectivity index (χ1n) is 7.44. The second-order valence-corrected chi connectivity index (χ2v) is 7.67. The molecule has 2 atom stereocenters. The van der Waals surface area contributed by atoms with E-state index in [2.05, 4.69) is 29.6 Å². The highest BCUT2D eigenvalue weighted by Gasteiger charge is 2.26. The van der Waals surface area contributed by atoms with Crippen LogP contribution in [0.4, 0.5) is 0 Å². The summed E-state index contributed by atoms with van der Waals surface area (Å²) in [4.78, 5) is 3.92. The average Bonchev–Trinajstić information content (AvgIpc) is 3.19. The van der Waals surface area contributed by atoms with Gasteiger partial charge in [-0.1, -0.05) is 6.07 Å². The van der Waals surface area contributed by atoms with Crippen molar-refractivity contribution in [2.75, 3.05) is 6.61 Å². The Morgan fingerprint density at radius 3 is 2.95 bits per heavy atom. The fraction of sp³-hybridized carbons (Fsp3) is 0.500. The van der Waals surface area contributed by atoms with Gasteiger partial charge >= 0.3 is 0 Å². The molecule has 0 radical (unpaired) electrons. The highest BCUT2D eigenvalue weighted by atomic mass is 32.1. The van der Waals surface area contributed by atoms with E-state index in [0.29, 0.717) is 0 Å². The second-order valence-electron chi connectivity index (χ2n) is 5.44. The molecule has 2 aromatic heterocycles. The molecule has 0 saturated carbocycles. The van der Waals surface area contributed by atoms with E-state index < -0.39 is 0 Å². The fourth-order valence-electron chi connectivity index (χ4n) is 2.61. The Labute approximate surface area is 133 Å². The molecular weight excluding hydrogens is 302 g/mol. The number of hydroxylamine groups is 2. The second kappa shape index (κ2) is 7.03. The van der Waals surface area contributed by atoms with Crippen LogP contribution < -0.4 is 0 Å². The van der Waals surface area contributed by atoms with Crippen molar-refractivity contribution in [1.29, 1.82) is 0 Å². The van der Waals surface area contributed by atoms with Gasteiger partial charge in [0.15, 0.2) is 0 Å². The molecule has 0 spiro atoms. The Hall–Kier alpha value is -0.720. The predicted molar refractivity (Wildman–Crippen MR) is 87.1 cm³/mol. The van der Waals surface area contributed by atoms with E-state index >= 15 is 0 Å². The van der Waals surface area contributed by atoms with Crippen LogP contribution in [0.1, 0.15) is 46.9 Å². The first-order chi connectivity index (χ1) is 10.2. The molecular formula is C16H21NO2S2. The molecule has 5 heteroatoms. The van der Waals surface area contributed by atoms with Gasteiger partial charge in [-0.15, -0.1) is 22.7 Å². The van der Waals surface area contributed by atoms with Crippen molar-refractivity contribution >= 4 is 22.7 Å². The zero-order chi connectivity index (χ0) is 14.7. The molecule has 0 aliphatic carbocycles. The largest absolute Gasteiger partial charge is 0.361 e. The van der Waals surface area contributed by atoms with Gasteiger partial charge in [0.1, 0.15) is 6.23 Å². The molecule has 3 heterocycles. The molecule has 0 bridgehead atoms. The number of ether oxygens (including phenoxy) is 1. The highest BCUT2D eigenvalue weighted by molar-refractivity contribution is 7.12. The molecule has 1 N–H and O–H groups in total. The van der Waals surface area contributed by atoms with Crippen LogP contribution in [0.25, 0.3) is 0 Å². The van der Waals surface area contributed by atoms with Crippen molar-refractivity contribution < 1.29 is 9.94 Å². The Kier molecular flexibility index (Phi) is 5.08. The molecule has 1 aliphatic rings. The average molecular weight is 323 g/mol. The first kappa shape index (κ1) is 15.2. The summed E-state index contributed by atoms with van der Waals surface area (Å²) < 4.78 is 5.66. The lowest BCUT2D eigenvalue weighted by atomic mass is 10.1. The summed E-state index contributed by atoms with van der Waals surface area (Å²) in [6.45, 7) is 2.79. The summed E-state index contributed by atoms with van der Waals surface area (Å²) in [5.74, 6) is 0. The van der Waals surface area contributed by atoms with Gasteiger partial charge in [0, 0.05) is 27.7 Å². The first-order valence-corrected chi connectivity index (χ1v) is 9.13. The van der Waals surface area contributed by atoms with Gasteiger partial charge in [0.05, 0.1) is 6.04 Å². The smallest absolute Gasteiger partial charge is 0.133 e. The number of hydrogen-bond acceptors (Lipinski definition) is 5. The normalized spacial score (nSPS) is 20.8.